The molecule has 3 N–H and O–H groups in total. The maximum absolute atomic E-state index is 9.78. The summed E-state index contributed by atoms with van der Waals surface area (Å²) in [6.07, 6.45) is 0. The minimum atomic E-state index is -0.190. The highest BCUT2D eigenvalue weighted by atomic mass is 35.5. The number of aromatic hydroxyl groups is 2. The first-order valence-electron chi connectivity index (χ1n) is 5.71. The third-order valence-corrected chi connectivity index (χ3v) is 3.52. The first kappa shape index (κ1) is 13.8. The second-order valence-corrected chi connectivity index (χ2v) is 5.05. The second-order valence-electron chi connectivity index (χ2n) is 4.24. The van der Waals surface area contributed by atoms with Gasteiger partial charge in [-0.15, -0.1) is 0 Å². The predicted octanol–water partition coefficient (Wildman–Crippen LogP) is 4.58. The summed E-state index contributed by atoms with van der Waals surface area (Å²) in [6, 6.07) is 9.42. The van der Waals surface area contributed by atoms with Gasteiger partial charge in [-0.05, 0) is 43.3 Å². The molecule has 0 bridgehead atoms. The average Bonchev–Trinajstić information content (AvgIpc) is 2.36. The van der Waals surface area contributed by atoms with Gasteiger partial charge in [-0.1, -0.05) is 23.2 Å². The van der Waals surface area contributed by atoms with Gasteiger partial charge in [0.05, 0.1) is 16.1 Å². The Morgan fingerprint density at radius 2 is 1.74 bits per heavy atom. The zero-order chi connectivity index (χ0) is 14.0. The Bertz CT molecular complexity index is 602. The molecule has 2 rings (SSSR count). The van der Waals surface area contributed by atoms with Crippen LogP contribution in [-0.2, 0) is 0 Å². The van der Waals surface area contributed by atoms with E-state index in [1.54, 1.807) is 18.2 Å². The molecule has 0 amide bonds. The summed E-state index contributed by atoms with van der Waals surface area (Å²) in [5.74, 6) is 0.230. The molecule has 0 aromatic heterocycles. The van der Waals surface area contributed by atoms with Crippen molar-refractivity contribution in [2.75, 3.05) is 5.32 Å². The summed E-state index contributed by atoms with van der Waals surface area (Å²) in [5.41, 5.74) is 1.38. The molecule has 0 radical (unpaired) electrons. The quantitative estimate of drug-likeness (QED) is 0.727. The van der Waals surface area contributed by atoms with Gasteiger partial charge in [0.15, 0.2) is 0 Å². The third kappa shape index (κ3) is 3.25. The normalized spacial score (nSPS) is 12.2. The number of hydrogen-bond acceptors (Lipinski definition) is 3. The molecule has 0 saturated carbocycles. The topological polar surface area (TPSA) is 52.5 Å². The van der Waals surface area contributed by atoms with Crippen molar-refractivity contribution >= 4 is 28.9 Å². The van der Waals surface area contributed by atoms with Crippen LogP contribution in [0.1, 0.15) is 18.5 Å². The highest BCUT2D eigenvalue weighted by Crippen LogP contribution is 2.31. The molecule has 2 aromatic rings. The summed E-state index contributed by atoms with van der Waals surface area (Å²) < 4.78 is 0. The molecule has 0 aliphatic heterocycles. The number of hydrogen-bond donors (Lipinski definition) is 3. The number of phenols is 2. The summed E-state index contributed by atoms with van der Waals surface area (Å²) in [4.78, 5) is 0. The SMILES string of the molecule is CC(Nc1ccc(Cl)c(Cl)c1)c1cc(O)ccc1O. The van der Waals surface area contributed by atoms with Crippen LogP contribution in [0.15, 0.2) is 36.4 Å². The molecule has 100 valence electrons. The molecule has 0 aliphatic carbocycles. The summed E-state index contributed by atoms with van der Waals surface area (Å²) >= 11 is 11.8. The fraction of sp³-hybridized carbons (Fsp3) is 0.143. The summed E-state index contributed by atoms with van der Waals surface area (Å²) in [6.45, 7) is 1.87. The molecule has 2 aromatic carbocycles. The van der Waals surface area contributed by atoms with Gasteiger partial charge in [0.25, 0.3) is 0 Å². The highest BCUT2D eigenvalue weighted by molar-refractivity contribution is 6.42. The standard InChI is InChI=1S/C14H13Cl2NO2/c1-8(11-7-10(18)3-5-14(11)19)17-9-2-4-12(15)13(16)6-9/h2-8,17-19H,1H3. The number of rotatable bonds is 3. The zero-order valence-electron chi connectivity index (χ0n) is 10.2. The van der Waals surface area contributed by atoms with E-state index in [9.17, 15) is 10.2 Å². The fourth-order valence-electron chi connectivity index (χ4n) is 1.80. The van der Waals surface area contributed by atoms with E-state index in [2.05, 4.69) is 5.32 Å². The smallest absolute Gasteiger partial charge is 0.121 e. The maximum atomic E-state index is 9.78. The van der Waals surface area contributed by atoms with Crippen LogP contribution in [0.2, 0.25) is 10.0 Å². The molecule has 19 heavy (non-hydrogen) atoms. The van der Waals surface area contributed by atoms with Crippen LogP contribution in [0.4, 0.5) is 5.69 Å². The van der Waals surface area contributed by atoms with Gasteiger partial charge in [0, 0.05) is 11.3 Å². The van der Waals surface area contributed by atoms with Crippen LogP contribution in [0, 0.1) is 0 Å². The second kappa shape index (κ2) is 5.59. The van der Waals surface area contributed by atoms with E-state index in [4.69, 9.17) is 23.2 Å². The van der Waals surface area contributed by atoms with Crippen molar-refractivity contribution in [1.29, 1.82) is 0 Å². The molecule has 1 unspecified atom stereocenters. The Balaban J connectivity index is 2.22. The average molecular weight is 298 g/mol. The van der Waals surface area contributed by atoms with E-state index in [0.29, 0.717) is 15.6 Å². The van der Waals surface area contributed by atoms with Crippen LogP contribution >= 0.6 is 23.2 Å². The Hall–Kier alpha value is -1.58. The van der Waals surface area contributed by atoms with Crippen molar-refractivity contribution < 1.29 is 10.2 Å². The van der Waals surface area contributed by atoms with Gasteiger partial charge in [-0.25, -0.2) is 0 Å². The Morgan fingerprint density at radius 3 is 2.42 bits per heavy atom. The Labute approximate surface area is 121 Å². The molecule has 0 spiro atoms. The lowest BCUT2D eigenvalue weighted by molar-refractivity contribution is 0.451. The van der Waals surface area contributed by atoms with E-state index < -0.39 is 0 Å². The Morgan fingerprint density at radius 1 is 1.00 bits per heavy atom. The zero-order valence-corrected chi connectivity index (χ0v) is 11.7. The molecular weight excluding hydrogens is 285 g/mol. The van der Waals surface area contributed by atoms with Gasteiger partial charge >= 0.3 is 0 Å². The maximum Gasteiger partial charge on any atom is 0.121 e. The summed E-state index contributed by atoms with van der Waals surface area (Å²) in [7, 11) is 0. The molecule has 1 atom stereocenters. The number of anilines is 1. The van der Waals surface area contributed by atoms with E-state index >= 15 is 0 Å². The van der Waals surface area contributed by atoms with Crippen LogP contribution in [0.25, 0.3) is 0 Å². The van der Waals surface area contributed by atoms with Crippen LogP contribution in [0.3, 0.4) is 0 Å². The number of benzene rings is 2. The number of phenolic OH excluding ortho intramolecular Hbond substituents is 2. The van der Waals surface area contributed by atoms with Gasteiger partial charge < -0.3 is 15.5 Å². The van der Waals surface area contributed by atoms with E-state index in [1.807, 2.05) is 6.92 Å². The molecule has 0 fully saturated rings. The molecule has 5 heteroatoms. The van der Waals surface area contributed by atoms with Crippen molar-refractivity contribution in [3.63, 3.8) is 0 Å². The minimum absolute atomic E-state index is 0.107. The van der Waals surface area contributed by atoms with Crippen molar-refractivity contribution in [3.05, 3.63) is 52.0 Å². The van der Waals surface area contributed by atoms with Gasteiger partial charge in [-0.2, -0.15) is 0 Å². The lowest BCUT2D eigenvalue weighted by Crippen LogP contribution is -2.06. The van der Waals surface area contributed by atoms with Gasteiger partial charge in [-0.3, -0.25) is 0 Å². The van der Waals surface area contributed by atoms with Crippen LogP contribution in [-0.4, -0.2) is 10.2 Å². The van der Waals surface area contributed by atoms with E-state index in [1.165, 1.54) is 18.2 Å². The molecule has 0 aliphatic rings. The first-order chi connectivity index (χ1) is 8.97. The van der Waals surface area contributed by atoms with Gasteiger partial charge in [0.1, 0.15) is 11.5 Å². The Kier molecular flexibility index (Phi) is 4.08. The van der Waals surface area contributed by atoms with E-state index in [0.717, 1.165) is 5.69 Å². The molecular formula is C14H13Cl2NO2. The van der Waals surface area contributed by atoms with Crippen molar-refractivity contribution in [1.82, 2.24) is 0 Å². The summed E-state index contributed by atoms with van der Waals surface area (Å²) in [5, 5.41) is 23.4. The van der Waals surface area contributed by atoms with Crippen molar-refractivity contribution in [2.45, 2.75) is 13.0 Å². The van der Waals surface area contributed by atoms with Crippen molar-refractivity contribution in [3.8, 4) is 11.5 Å². The first-order valence-corrected chi connectivity index (χ1v) is 6.46. The lowest BCUT2D eigenvalue weighted by Gasteiger charge is -2.17. The lowest BCUT2D eigenvalue weighted by atomic mass is 10.1. The minimum Gasteiger partial charge on any atom is -0.508 e. The highest BCUT2D eigenvalue weighted by Gasteiger charge is 2.11. The monoisotopic (exact) mass is 297 g/mol. The predicted molar refractivity (Wildman–Crippen MR) is 78.3 cm³/mol. The third-order valence-electron chi connectivity index (χ3n) is 2.78. The number of halogens is 2. The molecule has 0 heterocycles. The number of nitrogens with one attached hydrogen (secondary N) is 1. The van der Waals surface area contributed by atoms with Crippen LogP contribution in [0.5, 0.6) is 11.5 Å². The molecule has 3 nitrogen and oxygen atoms in total. The molecule has 0 saturated heterocycles. The van der Waals surface area contributed by atoms with E-state index in [-0.39, 0.29) is 17.5 Å². The van der Waals surface area contributed by atoms with Crippen molar-refractivity contribution in [2.24, 2.45) is 0 Å². The van der Waals surface area contributed by atoms with Gasteiger partial charge in [0.2, 0.25) is 0 Å². The van der Waals surface area contributed by atoms with Crippen LogP contribution < -0.4 is 5.32 Å². The fourth-order valence-corrected chi connectivity index (χ4v) is 2.10. The largest absolute Gasteiger partial charge is 0.508 e.